The molecule has 0 aliphatic carbocycles. The molecule has 132 valence electrons. The van der Waals surface area contributed by atoms with Gasteiger partial charge in [0.25, 0.3) is 5.91 Å². The van der Waals surface area contributed by atoms with Gasteiger partial charge in [-0.2, -0.15) is 11.8 Å². The summed E-state index contributed by atoms with van der Waals surface area (Å²) in [4.78, 5) is 24.8. The van der Waals surface area contributed by atoms with Gasteiger partial charge >= 0.3 is 0 Å². The van der Waals surface area contributed by atoms with Gasteiger partial charge in [0.05, 0.1) is 5.02 Å². The minimum Gasteiger partial charge on any atom is -0.340 e. The molecular weight excluding hydrogens is 363 g/mol. The van der Waals surface area contributed by atoms with Gasteiger partial charge in [0.2, 0.25) is 5.91 Å². The molecule has 2 rings (SSSR count). The monoisotopic (exact) mass is 380 g/mol. The molecule has 0 radical (unpaired) electrons. The Hall–Kier alpha value is -2.05. The van der Waals surface area contributed by atoms with E-state index in [9.17, 15) is 14.0 Å². The van der Waals surface area contributed by atoms with E-state index in [1.165, 1.54) is 18.2 Å². The van der Waals surface area contributed by atoms with E-state index >= 15 is 0 Å². The van der Waals surface area contributed by atoms with Crippen molar-refractivity contribution in [1.82, 2.24) is 5.32 Å². The molecule has 4 nitrogen and oxygen atoms in total. The van der Waals surface area contributed by atoms with Crippen LogP contribution in [0.4, 0.5) is 10.1 Å². The highest BCUT2D eigenvalue weighted by molar-refractivity contribution is 7.98. The standard InChI is InChI=1S/C18H18ClFN2O2S/c1-25-10-9-16(22-17(23)12-5-3-2-4-6-12)18(24)21-13-7-8-15(20)14(19)11-13/h2-8,11,16H,9-10H2,1H3,(H,21,24)(H,22,23)/t16-/m0/s1. The van der Waals surface area contributed by atoms with Gasteiger partial charge < -0.3 is 10.6 Å². The van der Waals surface area contributed by atoms with E-state index in [1.54, 1.807) is 36.0 Å². The molecule has 0 aliphatic rings. The molecule has 1 atom stereocenters. The Balaban J connectivity index is 2.08. The minimum absolute atomic E-state index is 0.0771. The third-order valence-corrected chi connectivity index (χ3v) is 4.39. The lowest BCUT2D eigenvalue weighted by molar-refractivity contribution is -0.118. The van der Waals surface area contributed by atoms with Crippen LogP contribution in [0.15, 0.2) is 48.5 Å². The number of carbonyl (C=O) groups excluding carboxylic acids is 2. The average molecular weight is 381 g/mol. The molecule has 0 aliphatic heterocycles. The largest absolute Gasteiger partial charge is 0.340 e. The quantitative estimate of drug-likeness (QED) is 0.764. The number of benzene rings is 2. The first-order chi connectivity index (χ1) is 12.0. The summed E-state index contributed by atoms with van der Waals surface area (Å²) in [7, 11) is 0. The Bertz CT molecular complexity index is 743. The number of rotatable bonds is 7. The zero-order valence-corrected chi connectivity index (χ0v) is 15.2. The summed E-state index contributed by atoms with van der Waals surface area (Å²) < 4.78 is 13.2. The third-order valence-electron chi connectivity index (χ3n) is 3.46. The first-order valence-electron chi connectivity index (χ1n) is 7.62. The van der Waals surface area contributed by atoms with Crippen LogP contribution in [0, 0.1) is 5.82 Å². The van der Waals surface area contributed by atoms with E-state index < -0.39 is 11.9 Å². The second kappa shape index (κ2) is 9.44. The fraction of sp³-hybridized carbons (Fsp3) is 0.222. The number of halogens is 2. The Labute approximate surface area is 155 Å². The number of nitrogens with one attached hydrogen (secondary N) is 2. The summed E-state index contributed by atoms with van der Waals surface area (Å²) in [6.07, 6.45) is 2.40. The van der Waals surface area contributed by atoms with Crippen LogP contribution < -0.4 is 10.6 Å². The summed E-state index contributed by atoms with van der Waals surface area (Å²) in [5.41, 5.74) is 0.855. The minimum atomic E-state index is -0.705. The van der Waals surface area contributed by atoms with E-state index in [1.807, 2.05) is 12.3 Å². The van der Waals surface area contributed by atoms with Crippen LogP contribution in [0.3, 0.4) is 0 Å². The van der Waals surface area contributed by atoms with Crippen LogP contribution in [0.1, 0.15) is 16.8 Å². The number of anilines is 1. The van der Waals surface area contributed by atoms with E-state index in [0.717, 1.165) is 0 Å². The van der Waals surface area contributed by atoms with Crippen LogP contribution in [0.25, 0.3) is 0 Å². The van der Waals surface area contributed by atoms with Crippen molar-refractivity contribution in [2.24, 2.45) is 0 Å². The predicted molar refractivity (Wildman–Crippen MR) is 101 cm³/mol. The molecule has 2 amide bonds. The first-order valence-corrected chi connectivity index (χ1v) is 9.39. The summed E-state index contributed by atoms with van der Waals surface area (Å²) in [6, 6.07) is 11.9. The fourth-order valence-corrected chi connectivity index (χ4v) is 2.79. The second-order valence-electron chi connectivity index (χ2n) is 5.29. The van der Waals surface area contributed by atoms with Gasteiger partial charge in [0, 0.05) is 11.3 Å². The SMILES string of the molecule is CSCC[C@H](NC(=O)c1ccccc1)C(=O)Nc1ccc(F)c(Cl)c1. The molecule has 0 fully saturated rings. The number of hydrogen-bond acceptors (Lipinski definition) is 3. The van der Waals surface area contributed by atoms with Crippen molar-refractivity contribution in [1.29, 1.82) is 0 Å². The van der Waals surface area contributed by atoms with Crippen molar-refractivity contribution in [3.05, 3.63) is 64.9 Å². The lowest BCUT2D eigenvalue weighted by Gasteiger charge is -2.18. The second-order valence-corrected chi connectivity index (χ2v) is 6.68. The number of carbonyl (C=O) groups is 2. The van der Waals surface area contributed by atoms with Crippen LogP contribution >= 0.6 is 23.4 Å². The molecule has 0 heterocycles. The molecule has 0 unspecified atom stereocenters. The Kier molecular flexibility index (Phi) is 7.28. The zero-order chi connectivity index (χ0) is 18.2. The van der Waals surface area contributed by atoms with Gasteiger partial charge in [-0.25, -0.2) is 4.39 Å². The third kappa shape index (κ3) is 5.76. The Morgan fingerprint density at radius 2 is 1.92 bits per heavy atom. The molecule has 0 aromatic heterocycles. The molecular formula is C18H18ClFN2O2S. The van der Waals surface area contributed by atoms with E-state index in [2.05, 4.69) is 10.6 Å². The summed E-state index contributed by atoms with van der Waals surface area (Å²) in [5.74, 6) is -0.548. The lowest BCUT2D eigenvalue weighted by atomic mass is 10.1. The number of thioether (sulfide) groups is 1. The van der Waals surface area contributed by atoms with Gasteiger partial charge in [-0.3, -0.25) is 9.59 Å². The fourth-order valence-electron chi connectivity index (χ4n) is 2.14. The Morgan fingerprint density at radius 3 is 2.56 bits per heavy atom. The smallest absolute Gasteiger partial charge is 0.251 e. The van der Waals surface area contributed by atoms with Crippen LogP contribution in [0.5, 0.6) is 0 Å². The van der Waals surface area contributed by atoms with E-state index in [-0.39, 0.29) is 16.8 Å². The summed E-state index contributed by atoms with van der Waals surface area (Å²) in [5, 5.41) is 5.33. The molecule has 7 heteroatoms. The average Bonchev–Trinajstić information content (AvgIpc) is 2.62. The predicted octanol–water partition coefficient (Wildman–Crippen LogP) is 3.97. The van der Waals surface area contributed by atoms with Crippen molar-refractivity contribution in [2.45, 2.75) is 12.5 Å². The van der Waals surface area contributed by atoms with Gasteiger partial charge in [0.1, 0.15) is 11.9 Å². The van der Waals surface area contributed by atoms with Gasteiger partial charge in [-0.15, -0.1) is 0 Å². The molecule has 2 aromatic rings. The van der Waals surface area contributed by atoms with Gasteiger partial charge in [0.15, 0.2) is 0 Å². The van der Waals surface area contributed by atoms with Gasteiger partial charge in [-0.05, 0) is 48.8 Å². The van der Waals surface area contributed by atoms with Crippen molar-refractivity contribution < 1.29 is 14.0 Å². The van der Waals surface area contributed by atoms with Crippen molar-refractivity contribution in [2.75, 3.05) is 17.3 Å². The molecule has 0 spiro atoms. The lowest BCUT2D eigenvalue weighted by Crippen LogP contribution is -2.44. The van der Waals surface area contributed by atoms with Crippen LogP contribution in [0.2, 0.25) is 5.02 Å². The summed E-state index contributed by atoms with van der Waals surface area (Å²) >= 11 is 7.30. The molecule has 2 N–H and O–H groups in total. The highest BCUT2D eigenvalue weighted by Gasteiger charge is 2.21. The van der Waals surface area contributed by atoms with Crippen molar-refractivity contribution in [3.8, 4) is 0 Å². The molecule has 2 aromatic carbocycles. The van der Waals surface area contributed by atoms with E-state index in [4.69, 9.17) is 11.6 Å². The maximum absolute atomic E-state index is 13.2. The van der Waals surface area contributed by atoms with Crippen LogP contribution in [-0.2, 0) is 4.79 Å². The Morgan fingerprint density at radius 1 is 1.20 bits per heavy atom. The molecule has 25 heavy (non-hydrogen) atoms. The highest BCUT2D eigenvalue weighted by Crippen LogP contribution is 2.19. The maximum Gasteiger partial charge on any atom is 0.251 e. The van der Waals surface area contributed by atoms with Crippen molar-refractivity contribution in [3.63, 3.8) is 0 Å². The van der Waals surface area contributed by atoms with Gasteiger partial charge in [-0.1, -0.05) is 29.8 Å². The molecule has 0 bridgehead atoms. The van der Waals surface area contributed by atoms with E-state index in [0.29, 0.717) is 23.4 Å². The molecule has 0 saturated heterocycles. The van der Waals surface area contributed by atoms with Crippen LogP contribution in [-0.4, -0.2) is 29.9 Å². The zero-order valence-electron chi connectivity index (χ0n) is 13.6. The number of amides is 2. The summed E-state index contributed by atoms with van der Waals surface area (Å²) in [6.45, 7) is 0. The number of hydrogen-bond donors (Lipinski definition) is 2. The topological polar surface area (TPSA) is 58.2 Å². The normalized spacial score (nSPS) is 11.6. The first kappa shape index (κ1) is 19.3. The van der Waals surface area contributed by atoms with Crippen molar-refractivity contribution >= 4 is 40.9 Å². The highest BCUT2D eigenvalue weighted by atomic mass is 35.5. The molecule has 0 saturated carbocycles. The maximum atomic E-state index is 13.2.